The lowest BCUT2D eigenvalue weighted by Crippen LogP contribution is -2.33. The van der Waals surface area contributed by atoms with Crippen LogP contribution in [0.3, 0.4) is 0 Å². The average molecular weight is 326 g/mol. The van der Waals surface area contributed by atoms with Crippen LogP contribution in [0.2, 0.25) is 0 Å². The average Bonchev–Trinajstić information content (AvgIpc) is 3.32. The van der Waals surface area contributed by atoms with Gasteiger partial charge in [0.2, 0.25) is 0 Å². The Morgan fingerprint density at radius 2 is 2.00 bits per heavy atom. The van der Waals surface area contributed by atoms with E-state index in [1.165, 1.54) is 18.6 Å². The van der Waals surface area contributed by atoms with Crippen molar-refractivity contribution in [1.82, 2.24) is 29.4 Å². The van der Waals surface area contributed by atoms with Gasteiger partial charge in [0, 0.05) is 18.8 Å². The maximum Gasteiger partial charge on any atom is 0.137 e. The zero-order valence-electron chi connectivity index (χ0n) is 13.3. The van der Waals surface area contributed by atoms with Gasteiger partial charge in [-0.2, -0.15) is 10.2 Å². The standard InChI is InChI=1S/C17H19FN6/c18-14-3-5-15(6-4-14)24-17(7-8-20-24)10-22-9-1-2-16(22)11-23-13-19-12-21-23/h3-8,12-13,16H,1-2,9-11H2. The highest BCUT2D eigenvalue weighted by molar-refractivity contribution is 5.32. The first-order valence-corrected chi connectivity index (χ1v) is 8.15. The molecule has 0 aliphatic carbocycles. The predicted molar refractivity (Wildman–Crippen MR) is 87.0 cm³/mol. The van der Waals surface area contributed by atoms with E-state index in [2.05, 4.69) is 20.1 Å². The normalized spacial score (nSPS) is 18.3. The molecule has 0 N–H and O–H groups in total. The zero-order valence-corrected chi connectivity index (χ0v) is 13.3. The molecular formula is C17H19FN6. The predicted octanol–water partition coefficient (Wildman–Crippen LogP) is 2.27. The van der Waals surface area contributed by atoms with Gasteiger partial charge in [0.25, 0.3) is 0 Å². The summed E-state index contributed by atoms with van der Waals surface area (Å²) in [5, 5.41) is 8.61. The van der Waals surface area contributed by atoms with Gasteiger partial charge in [-0.05, 0) is 49.7 Å². The van der Waals surface area contributed by atoms with Crippen LogP contribution in [0, 0.1) is 5.82 Å². The summed E-state index contributed by atoms with van der Waals surface area (Å²) >= 11 is 0. The number of hydrogen-bond donors (Lipinski definition) is 0. The summed E-state index contributed by atoms with van der Waals surface area (Å²) in [6, 6.07) is 8.90. The van der Waals surface area contributed by atoms with Crippen molar-refractivity contribution in [3.8, 4) is 5.69 Å². The highest BCUT2D eigenvalue weighted by atomic mass is 19.1. The molecule has 24 heavy (non-hydrogen) atoms. The maximum absolute atomic E-state index is 13.1. The topological polar surface area (TPSA) is 51.8 Å². The molecule has 3 aromatic rings. The van der Waals surface area contributed by atoms with E-state index in [0.29, 0.717) is 6.04 Å². The SMILES string of the molecule is Fc1ccc(-n2nccc2CN2CCCC2Cn2cncn2)cc1. The van der Waals surface area contributed by atoms with Crippen molar-refractivity contribution in [2.24, 2.45) is 0 Å². The summed E-state index contributed by atoms with van der Waals surface area (Å²) in [7, 11) is 0. The van der Waals surface area contributed by atoms with E-state index in [0.717, 1.165) is 37.4 Å². The van der Waals surface area contributed by atoms with Crippen LogP contribution in [0.25, 0.3) is 5.69 Å². The fourth-order valence-electron chi connectivity index (χ4n) is 3.33. The largest absolute Gasteiger partial charge is 0.293 e. The molecule has 7 heteroatoms. The minimum absolute atomic E-state index is 0.236. The molecule has 4 rings (SSSR count). The molecular weight excluding hydrogens is 307 g/mol. The smallest absolute Gasteiger partial charge is 0.137 e. The van der Waals surface area contributed by atoms with Gasteiger partial charge in [-0.25, -0.2) is 14.1 Å². The van der Waals surface area contributed by atoms with Gasteiger partial charge < -0.3 is 0 Å². The molecule has 1 atom stereocenters. The van der Waals surface area contributed by atoms with E-state index in [9.17, 15) is 4.39 Å². The Labute approximate surface area is 139 Å². The van der Waals surface area contributed by atoms with Crippen LogP contribution in [0.5, 0.6) is 0 Å². The summed E-state index contributed by atoms with van der Waals surface area (Å²) < 4.78 is 16.9. The van der Waals surface area contributed by atoms with Crippen LogP contribution in [-0.4, -0.2) is 42.0 Å². The lowest BCUT2D eigenvalue weighted by Gasteiger charge is -2.24. The molecule has 0 spiro atoms. The minimum atomic E-state index is -0.236. The van der Waals surface area contributed by atoms with Crippen LogP contribution in [0.1, 0.15) is 18.5 Å². The maximum atomic E-state index is 13.1. The minimum Gasteiger partial charge on any atom is -0.293 e. The molecule has 1 aromatic carbocycles. The van der Waals surface area contributed by atoms with E-state index in [4.69, 9.17) is 0 Å². The second-order valence-corrected chi connectivity index (χ2v) is 6.09. The van der Waals surface area contributed by atoms with Crippen molar-refractivity contribution < 1.29 is 4.39 Å². The highest BCUT2D eigenvalue weighted by Gasteiger charge is 2.26. The van der Waals surface area contributed by atoms with Gasteiger partial charge in [0.1, 0.15) is 18.5 Å². The highest BCUT2D eigenvalue weighted by Crippen LogP contribution is 2.22. The number of hydrogen-bond acceptors (Lipinski definition) is 4. The van der Waals surface area contributed by atoms with Gasteiger partial charge in [-0.1, -0.05) is 0 Å². The van der Waals surface area contributed by atoms with Crippen molar-refractivity contribution in [3.05, 3.63) is 60.7 Å². The summed E-state index contributed by atoms with van der Waals surface area (Å²) in [6.45, 7) is 2.73. The first-order valence-electron chi connectivity index (χ1n) is 8.15. The molecule has 1 saturated heterocycles. The zero-order chi connectivity index (χ0) is 16.4. The van der Waals surface area contributed by atoms with Crippen LogP contribution in [-0.2, 0) is 13.1 Å². The number of rotatable bonds is 5. The Morgan fingerprint density at radius 3 is 2.79 bits per heavy atom. The van der Waals surface area contributed by atoms with E-state index in [1.54, 1.807) is 31.0 Å². The molecule has 0 amide bonds. The first-order chi connectivity index (χ1) is 11.8. The summed E-state index contributed by atoms with van der Waals surface area (Å²) in [6.07, 6.45) is 7.47. The fourth-order valence-corrected chi connectivity index (χ4v) is 3.33. The van der Waals surface area contributed by atoms with Gasteiger partial charge in [0.05, 0.1) is 17.9 Å². The molecule has 2 aromatic heterocycles. The quantitative estimate of drug-likeness (QED) is 0.722. The van der Waals surface area contributed by atoms with Crippen molar-refractivity contribution in [1.29, 1.82) is 0 Å². The van der Waals surface area contributed by atoms with Gasteiger partial charge >= 0.3 is 0 Å². The monoisotopic (exact) mass is 326 g/mol. The molecule has 1 aliphatic rings. The van der Waals surface area contributed by atoms with E-state index < -0.39 is 0 Å². The molecule has 1 fully saturated rings. The number of benzene rings is 1. The van der Waals surface area contributed by atoms with Crippen LogP contribution >= 0.6 is 0 Å². The Hall–Kier alpha value is -2.54. The number of likely N-dealkylation sites (tertiary alicyclic amines) is 1. The molecule has 0 bridgehead atoms. The van der Waals surface area contributed by atoms with E-state index >= 15 is 0 Å². The third-order valence-corrected chi connectivity index (χ3v) is 4.52. The van der Waals surface area contributed by atoms with Crippen LogP contribution in [0.4, 0.5) is 4.39 Å². The van der Waals surface area contributed by atoms with Crippen molar-refractivity contribution in [2.75, 3.05) is 6.54 Å². The second kappa shape index (κ2) is 6.52. The Morgan fingerprint density at radius 1 is 1.12 bits per heavy atom. The van der Waals surface area contributed by atoms with E-state index in [1.807, 2.05) is 15.4 Å². The Bertz CT molecular complexity index is 780. The molecule has 0 saturated carbocycles. The molecule has 124 valence electrons. The Kier molecular flexibility index (Phi) is 4.08. The number of halogens is 1. The number of nitrogens with zero attached hydrogens (tertiary/aromatic N) is 6. The molecule has 1 unspecified atom stereocenters. The molecule has 0 radical (unpaired) electrons. The number of aromatic nitrogens is 5. The summed E-state index contributed by atoms with van der Waals surface area (Å²) in [5.41, 5.74) is 1.98. The summed E-state index contributed by atoms with van der Waals surface area (Å²) in [4.78, 5) is 6.47. The second-order valence-electron chi connectivity index (χ2n) is 6.09. The van der Waals surface area contributed by atoms with Gasteiger partial charge in [0.15, 0.2) is 0 Å². The van der Waals surface area contributed by atoms with Crippen LogP contribution < -0.4 is 0 Å². The van der Waals surface area contributed by atoms with E-state index in [-0.39, 0.29) is 5.82 Å². The third kappa shape index (κ3) is 3.07. The van der Waals surface area contributed by atoms with Crippen molar-refractivity contribution in [3.63, 3.8) is 0 Å². The molecule has 3 heterocycles. The Balaban J connectivity index is 1.51. The van der Waals surface area contributed by atoms with Crippen molar-refractivity contribution in [2.45, 2.75) is 32.0 Å². The summed E-state index contributed by atoms with van der Waals surface area (Å²) in [5.74, 6) is -0.236. The first kappa shape index (κ1) is 15.0. The third-order valence-electron chi connectivity index (χ3n) is 4.52. The lowest BCUT2D eigenvalue weighted by molar-refractivity contribution is 0.215. The van der Waals surface area contributed by atoms with Gasteiger partial charge in [-0.3, -0.25) is 9.58 Å². The molecule has 1 aliphatic heterocycles. The molecule has 6 nitrogen and oxygen atoms in total. The van der Waals surface area contributed by atoms with Gasteiger partial charge in [-0.15, -0.1) is 0 Å². The lowest BCUT2D eigenvalue weighted by atomic mass is 10.2. The van der Waals surface area contributed by atoms with Crippen molar-refractivity contribution >= 4 is 0 Å². The van der Waals surface area contributed by atoms with Crippen LogP contribution in [0.15, 0.2) is 49.2 Å². The fraction of sp³-hybridized carbons (Fsp3) is 0.353.